The summed E-state index contributed by atoms with van der Waals surface area (Å²) in [7, 11) is 1.91. The summed E-state index contributed by atoms with van der Waals surface area (Å²) in [6, 6.07) is 0. The molecule has 16 heavy (non-hydrogen) atoms. The van der Waals surface area contributed by atoms with Crippen molar-refractivity contribution in [2.24, 2.45) is 13.0 Å². The Kier molecular flexibility index (Phi) is 5.00. The Morgan fingerprint density at radius 1 is 1.44 bits per heavy atom. The van der Waals surface area contributed by atoms with E-state index in [0.717, 1.165) is 24.1 Å². The van der Waals surface area contributed by atoms with Gasteiger partial charge >= 0.3 is 0 Å². The summed E-state index contributed by atoms with van der Waals surface area (Å²) in [5, 5.41) is 14.5. The molecule has 1 rings (SSSR count). The number of hydrogen-bond acceptors (Lipinski definition) is 2. The Morgan fingerprint density at radius 3 is 2.69 bits per heavy atom. The highest BCUT2D eigenvalue weighted by molar-refractivity contribution is 5.19. The highest BCUT2D eigenvalue weighted by Crippen LogP contribution is 2.25. The molecule has 0 saturated carbocycles. The second kappa shape index (κ2) is 6.04. The van der Waals surface area contributed by atoms with Crippen molar-refractivity contribution in [3.05, 3.63) is 17.5 Å². The van der Waals surface area contributed by atoms with Crippen molar-refractivity contribution >= 4 is 0 Å². The number of rotatable bonds is 6. The molecule has 1 aromatic rings. The van der Waals surface area contributed by atoms with E-state index in [1.165, 1.54) is 12.8 Å². The van der Waals surface area contributed by atoms with Crippen LogP contribution in [0.25, 0.3) is 0 Å². The van der Waals surface area contributed by atoms with Crippen LogP contribution in [0.15, 0.2) is 6.20 Å². The van der Waals surface area contributed by atoms with E-state index in [0.29, 0.717) is 5.92 Å². The molecule has 3 heteroatoms. The first-order chi connectivity index (χ1) is 7.58. The van der Waals surface area contributed by atoms with Gasteiger partial charge in [-0.2, -0.15) is 5.10 Å². The van der Waals surface area contributed by atoms with Crippen molar-refractivity contribution in [1.29, 1.82) is 0 Å². The van der Waals surface area contributed by atoms with Gasteiger partial charge < -0.3 is 5.11 Å². The third-order valence-corrected chi connectivity index (χ3v) is 3.04. The highest BCUT2D eigenvalue weighted by Gasteiger charge is 2.17. The quantitative estimate of drug-likeness (QED) is 0.807. The molecule has 0 amide bonds. The molecule has 0 radical (unpaired) electrons. The third-order valence-electron chi connectivity index (χ3n) is 3.04. The fourth-order valence-electron chi connectivity index (χ4n) is 2.22. The largest absolute Gasteiger partial charge is 0.388 e. The smallest absolute Gasteiger partial charge is 0.0825 e. The lowest BCUT2D eigenvalue weighted by atomic mass is 9.95. The van der Waals surface area contributed by atoms with Crippen LogP contribution in [0, 0.1) is 5.92 Å². The van der Waals surface area contributed by atoms with Crippen molar-refractivity contribution in [2.75, 3.05) is 0 Å². The SMILES string of the molecule is CCCC(C)CC(O)c1cn(C)nc1CC. The van der Waals surface area contributed by atoms with Gasteiger partial charge in [-0.05, 0) is 18.8 Å². The Balaban J connectivity index is 2.67. The van der Waals surface area contributed by atoms with Crippen molar-refractivity contribution in [2.45, 2.75) is 52.6 Å². The fraction of sp³-hybridized carbons (Fsp3) is 0.769. The van der Waals surface area contributed by atoms with Gasteiger partial charge in [-0.15, -0.1) is 0 Å². The van der Waals surface area contributed by atoms with Gasteiger partial charge in [0, 0.05) is 18.8 Å². The molecule has 2 atom stereocenters. The Hall–Kier alpha value is -0.830. The van der Waals surface area contributed by atoms with Gasteiger partial charge in [0.25, 0.3) is 0 Å². The van der Waals surface area contributed by atoms with E-state index in [1.54, 1.807) is 4.68 Å². The Labute approximate surface area is 98.5 Å². The van der Waals surface area contributed by atoms with Crippen LogP contribution in [0.3, 0.4) is 0 Å². The Morgan fingerprint density at radius 2 is 2.12 bits per heavy atom. The van der Waals surface area contributed by atoms with Crippen LogP contribution in [-0.4, -0.2) is 14.9 Å². The number of aromatic nitrogens is 2. The second-order valence-corrected chi connectivity index (χ2v) is 4.70. The minimum Gasteiger partial charge on any atom is -0.388 e. The van der Waals surface area contributed by atoms with E-state index in [-0.39, 0.29) is 6.10 Å². The van der Waals surface area contributed by atoms with Crippen LogP contribution in [-0.2, 0) is 13.5 Å². The lowest BCUT2D eigenvalue weighted by molar-refractivity contribution is 0.144. The van der Waals surface area contributed by atoms with E-state index in [9.17, 15) is 5.11 Å². The maximum atomic E-state index is 10.2. The molecule has 92 valence electrons. The van der Waals surface area contributed by atoms with E-state index in [2.05, 4.69) is 25.9 Å². The minimum absolute atomic E-state index is 0.356. The number of aryl methyl sites for hydroxylation is 2. The summed E-state index contributed by atoms with van der Waals surface area (Å²) in [5.41, 5.74) is 2.03. The van der Waals surface area contributed by atoms with Gasteiger partial charge in [0.2, 0.25) is 0 Å². The van der Waals surface area contributed by atoms with Crippen molar-refractivity contribution < 1.29 is 5.11 Å². The molecule has 0 fully saturated rings. The van der Waals surface area contributed by atoms with Crippen molar-refractivity contribution in [1.82, 2.24) is 9.78 Å². The zero-order valence-electron chi connectivity index (χ0n) is 10.9. The summed E-state index contributed by atoms with van der Waals surface area (Å²) in [4.78, 5) is 0. The lowest BCUT2D eigenvalue weighted by Gasteiger charge is -2.15. The second-order valence-electron chi connectivity index (χ2n) is 4.70. The van der Waals surface area contributed by atoms with Gasteiger partial charge in [0.1, 0.15) is 0 Å². The summed E-state index contributed by atoms with van der Waals surface area (Å²) in [5.74, 6) is 0.574. The third kappa shape index (κ3) is 3.34. The fourth-order valence-corrected chi connectivity index (χ4v) is 2.22. The van der Waals surface area contributed by atoms with E-state index >= 15 is 0 Å². The number of aliphatic hydroxyl groups is 1. The molecule has 3 nitrogen and oxygen atoms in total. The molecule has 1 heterocycles. The predicted molar refractivity (Wildman–Crippen MR) is 66.2 cm³/mol. The molecule has 0 aliphatic rings. The highest BCUT2D eigenvalue weighted by atomic mass is 16.3. The molecule has 0 aliphatic heterocycles. The normalized spacial score (nSPS) is 15.1. The van der Waals surface area contributed by atoms with E-state index in [4.69, 9.17) is 0 Å². The minimum atomic E-state index is -0.356. The zero-order valence-corrected chi connectivity index (χ0v) is 10.9. The van der Waals surface area contributed by atoms with Gasteiger partial charge in [-0.1, -0.05) is 33.6 Å². The maximum Gasteiger partial charge on any atom is 0.0825 e. The number of nitrogens with zero attached hydrogens (tertiary/aromatic N) is 2. The summed E-state index contributed by atoms with van der Waals surface area (Å²) in [6.07, 6.45) is 5.68. The zero-order chi connectivity index (χ0) is 12.1. The molecule has 2 unspecified atom stereocenters. The van der Waals surface area contributed by atoms with Gasteiger partial charge in [-0.25, -0.2) is 0 Å². The van der Waals surface area contributed by atoms with Crippen LogP contribution in [0.5, 0.6) is 0 Å². The number of aliphatic hydroxyl groups excluding tert-OH is 1. The standard InChI is InChI=1S/C13H24N2O/c1-5-7-10(3)8-13(16)11-9-15(4)14-12(11)6-2/h9-10,13,16H,5-8H2,1-4H3. The molecular weight excluding hydrogens is 200 g/mol. The first-order valence-corrected chi connectivity index (χ1v) is 6.28. The monoisotopic (exact) mass is 224 g/mol. The summed E-state index contributed by atoms with van der Waals surface area (Å²) in [6.45, 7) is 6.47. The average Bonchev–Trinajstić information content (AvgIpc) is 2.59. The van der Waals surface area contributed by atoms with Crippen LogP contribution in [0.4, 0.5) is 0 Å². The average molecular weight is 224 g/mol. The van der Waals surface area contributed by atoms with E-state index < -0.39 is 0 Å². The molecule has 1 N–H and O–H groups in total. The lowest BCUT2D eigenvalue weighted by Crippen LogP contribution is -2.05. The first kappa shape index (κ1) is 13.2. The molecule has 0 bridgehead atoms. The molecule has 0 saturated heterocycles. The predicted octanol–water partition coefficient (Wildman–Crippen LogP) is 2.84. The van der Waals surface area contributed by atoms with Gasteiger partial charge in [0.15, 0.2) is 0 Å². The molecule has 1 aromatic heterocycles. The summed E-state index contributed by atoms with van der Waals surface area (Å²) < 4.78 is 1.79. The number of hydrogen-bond donors (Lipinski definition) is 1. The van der Waals surface area contributed by atoms with Crippen LogP contribution in [0.2, 0.25) is 0 Å². The van der Waals surface area contributed by atoms with E-state index in [1.807, 2.05) is 13.2 Å². The first-order valence-electron chi connectivity index (χ1n) is 6.28. The maximum absolute atomic E-state index is 10.2. The topological polar surface area (TPSA) is 38.0 Å². The van der Waals surface area contributed by atoms with Gasteiger partial charge in [0.05, 0.1) is 11.8 Å². The Bertz CT molecular complexity index is 320. The van der Waals surface area contributed by atoms with Crippen molar-refractivity contribution in [3.63, 3.8) is 0 Å². The summed E-state index contributed by atoms with van der Waals surface area (Å²) >= 11 is 0. The molecule has 0 aromatic carbocycles. The van der Waals surface area contributed by atoms with Crippen LogP contribution >= 0.6 is 0 Å². The molecule has 0 aliphatic carbocycles. The van der Waals surface area contributed by atoms with Gasteiger partial charge in [-0.3, -0.25) is 4.68 Å². The molecule has 0 spiro atoms. The van der Waals surface area contributed by atoms with Crippen LogP contribution < -0.4 is 0 Å². The van der Waals surface area contributed by atoms with Crippen molar-refractivity contribution in [3.8, 4) is 0 Å². The van der Waals surface area contributed by atoms with Crippen LogP contribution in [0.1, 0.15) is 57.4 Å². The molecular formula is C13H24N2O.